The number of rotatable bonds is 2. The molecule has 1 N–H and O–H groups in total. The lowest BCUT2D eigenvalue weighted by molar-refractivity contribution is -0.137. The number of alkyl halides is 3. The highest BCUT2D eigenvalue weighted by atomic mass is 19.4. The van der Waals surface area contributed by atoms with Crippen LogP contribution in [0, 0.1) is 0 Å². The first kappa shape index (κ1) is 19.6. The van der Waals surface area contributed by atoms with Crippen LogP contribution in [-0.2, 0) is 6.18 Å². The summed E-state index contributed by atoms with van der Waals surface area (Å²) in [6.07, 6.45) is -0.928. The first-order valence-corrected chi connectivity index (χ1v) is 9.09. The van der Waals surface area contributed by atoms with E-state index in [0.717, 1.165) is 12.1 Å². The van der Waals surface area contributed by atoms with Gasteiger partial charge in [-0.05, 0) is 36.8 Å². The highest BCUT2D eigenvalue weighted by molar-refractivity contribution is 6.01. The predicted octanol–water partition coefficient (Wildman–Crippen LogP) is 4.38. The smallest absolute Gasteiger partial charge is 0.416 e. The van der Waals surface area contributed by atoms with Gasteiger partial charge in [0.15, 0.2) is 11.6 Å². The van der Waals surface area contributed by atoms with Crippen molar-refractivity contribution in [3.05, 3.63) is 60.4 Å². The van der Waals surface area contributed by atoms with Gasteiger partial charge in [-0.15, -0.1) is 0 Å². The second-order valence-corrected chi connectivity index (χ2v) is 6.45. The molecule has 7 nitrogen and oxygen atoms in total. The van der Waals surface area contributed by atoms with Crippen molar-refractivity contribution in [2.45, 2.75) is 12.6 Å². The molecule has 0 aliphatic carbocycles. The summed E-state index contributed by atoms with van der Waals surface area (Å²) >= 11 is 0. The van der Waals surface area contributed by atoms with E-state index in [4.69, 9.17) is 4.74 Å². The number of benzene rings is 1. The molecule has 3 heterocycles. The molecule has 3 aromatic rings. The first-order chi connectivity index (χ1) is 14.4. The summed E-state index contributed by atoms with van der Waals surface area (Å²) in [7, 11) is 0. The molecule has 1 aliphatic rings. The highest BCUT2D eigenvalue weighted by Gasteiger charge is 2.31. The van der Waals surface area contributed by atoms with Crippen molar-refractivity contribution >= 4 is 17.8 Å². The number of halogens is 3. The Bertz CT molecular complexity index is 1060. The Hall–Kier alpha value is -3.69. The fraction of sp³-hybridized carbons (Fsp3) is 0.200. The SMILES string of the molecule is O=C(Nc1ncccn1)N1CCCOc2ccc(-c3cccc(C(F)(F)F)c3)nc21. The van der Waals surface area contributed by atoms with Crippen LogP contribution in [0.15, 0.2) is 54.9 Å². The standard InChI is InChI=1S/C20H16F3N5O2/c21-20(22,23)14-5-1-4-13(12-14)15-6-7-16-17(26-15)28(10-3-11-30-16)19(29)27-18-24-8-2-9-25-18/h1-2,4-9,12H,3,10-11H2,(H,24,25,27,29). The van der Waals surface area contributed by atoms with Gasteiger partial charge in [0.1, 0.15) is 0 Å². The second-order valence-electron chi connectivity index (χ2n) is 6.45. The second kappa shape index (κ2) is 7.97. The first-order valence-electron chi connectivity index (χ1n) is 9.09. The fourth-order valence-electron chi connectivity index (χ4n) is 2.99. The normalized spacial score (nSPS) is 13.8. The van der Waals surface area contributed by atoms with Gasteiger partial charge in [-0.25, -0.2) is 19.7 Å². The Balaban J connectivity index is 1.69. The van der Waals surface area contributed by atoms with Gasteiger partial charge in [0.05, 0.1) is 17.9 Å². The largest absolute Gasteiger partial charge is 0.490 e. The summed E-state index contributed by atoms with van der Waals surface area (Å²) in [6, 6.07) is 9.14. The summed E-state index contributed by atoms with van der Waals surface area (Å²) in [4.78, 5) is 26.5. The van der Waals surface area contributed by atoms with Gasteiger partial charge in [-0.3, -0.25) is 10.2 Å². The molecule has 2 amide bonds. The molecule has 2 aromatic heterocycles. The number of anilines is 2. The minimum atomic E-state index is -4.47. The van der Waals surface area contributed by atoms with Crippen molar-refractivity contribution in [2.24, 2.45) is 0 Å². The van der Waals surface area contributed by atoms with E-state index >= 15 is 0 Å². The molecule has 0 unspecified atom stereocenters. The summed E-state index contributed by atoms with van der Waals surface area (Å²) in [5.41, 5.74) is -0.202. The zero-order chi connectivity index (χ0) is 21.1. The van der Waals surface area contributed by atoms with Gasteiger partial charge in [-0.1, -0.05) is 12.1 Å². The quantitative estimate of drug-likeness (QED) is 0.672. The molecular formula is C20H16F3N5O2. The number of hydrogen-bond donors (Lipinski definition) is 1. The van der Waals surface area contributed by atoms with Crippen molar-refractivity contribution in [1.82, 2.24) is 15.0 Å². The predicted molar refractivity (Wildman–Crippen MR) is 103 cm³/mol. The van der Waals surface area contributed by atoms with E-state index < -0.39 is 17.8 Å². The van der Waals surface area contributed by atoms with Gasteiger partial charge in [0, 0.05) is 24.5 Å². The van der Waals surface area contributed by atoms with Crippen LogP contribution in [0.4, 0.5) is 29.7 Å². The topological polar surface area (TPSA) is 80.2 Å². The third-order valence-corrected chi connectivity index (χ3v) is 4.39. The molecule has 0 fully saturated rings. The van der Waals surface area contributed by atoms with Gasteiger partial charge in [0.2, 0.25) is 5.95 Å². The number of carbonyl (C=O) groups excluding carboxylic acids is 1. The van der Waals surface area contributed by atoms with E-state index in [1.807, 2.05) is 0 Å². The molecule has 0 radical (unpaired) electrons. The van der Waals surface area contributed by atoms with Gasteiger partial charge >= 0.3 is 12.2 Å². The van der Waals surface area contributed by atoms with Crippen molar-refractivity contribution in [2.75, 3.05) is 23.4 Å². The van der Waals surface area contributed by atoms with E-state index in [0.29, 0.717) is 31.0 Å². The lowest BCUT2D eigenvalue weighted by Gasteiger charge is -2.21. The molecule has 0 saturated heterocycles. The third-order valence-electron chi connectivity index (χ3n) is 4.39. The summed E-state index contributed by atoms with van der Waals surface area (Å²) in [5.74, 6) is 0.714. The fourth-order valence-corrected chi connectivity index (χ4v) is 2.99. The third kappa shape index (κ3) is 4.17. The van der Waals surface area contributed by atoms with Crippen LogP contribution in [0.1, 0.15) is 12.0 Å². The molecule has 10 heteroatoms. The molecule has 0 bridgehead atoms. The molecule has 0 spiro atoms. The average Bonchev–Trinajstić information content (AvgIpc) is 2.96. The number of fused-ring (bicyclic) bond motifs is 1. The maximum Gasteiger partial charge on any atom is 0.416 e. The molecule has 0 saturated carbocycles. The van der Waals surface area contributed by atoms with E-state index in [1.165, 1.54) is 29.4 Å². The molecular weight excluding hydrogens is 399 g/mol. The van der Waals surface area contributed by atoms with Crippen LogP contribution in [0.25, 0.3) is 11.3 Å². The van der Waals surface area contributed by atoms with Crippen molar-refractivity contribution < 1.29 is 22.7 Å². The van der Waals surface area contributed by atoms with Crippen LogP contribution in [-0.4, -0.2) is 34.1 Å². The van der Waals surface area contributed by atoms with Crippen LogP contribution < -0.4 is 15.0 Å². The van der Waals surface area contributed by atoms with Crippen LogP contribution in [0.3, 0.4) is 0 Å². The van der Waals surface area contributed by atoms with E-state index in [1.54, 1.807) is 18.2 Å². The Labute approximate surface area is 169 Å². The molecule has 1 aromatic carbocycles. The summed E-state index contributed by atoms with van der Waals surface area (Å²) in [5, 5.41) is 2.59. The zero-order valence-electron chi connectivity index (χ0n) is 15.6. The molecule has 4 rings (SSSR count). The molecule has 0 atom stereocenters. The number of pyridine rings is 1. The minimum Gasteiger partial charge on any atom is -0.490 e. The van der Waals surface area contributed by atoms with E-state index in [2.05, 4.69) is 20.3 Å². The van der Waals surface area contributed by atoms with Crippen molar-refractivity contribution in [3.8, 4) is 17.0 Å². The van der Waals surface area contributed by atoms with Crippen LogP contribution in [0.2, 0.25) is 0 Å². The van der Waals surface area contributed by atoms with E-state index in [-0.39, 0.29) is 17.3 Å². The average molecular weight is 415 g/mol. The number of amides is 2. The Morgan fingerprint density at radius 3 is 2.67 bits per heavy atom. The van der Waals surface area contributed by atoms with Crippen LogP contribution in [0.5, 0.6) is 5.75 Å². The number of ether oxygens (including phenoxy) is 1. The highest BCUT2D eigenvalue weighted by Crippen LogP contribution is 2.35. The number of hydrogen-bond acceptors (Lipinski definition) is 5. The Morgan fingerprint density at radius 1 is 1.10 bits per heavy atom. The molecule has 1 aliphatic heterocycles. The zero-order valence-corrected chi connectivity index (χ0v) is 15.6. The molecule has 30 heavy (non-hydrogen) atoms. The minimum absolute atomic E-state index is 0.128. The van der Waals surface area contributed by atoms with Crippen LogP contribution >= 0.6 is 0 Å². The number of nitrogens with zero attached hydrogens (tertiary/aromatic N) is 4. The number of nitrogens with one attached hydrogen (secondary N) is 1. The summed E-state index contributed by atoms with van der Waals surface area (Å²) < 4.78 is 44.9. The maximum atomic E-state index is 13.1. The Morgan fingerprint density at radius 2 is 1.90 bits per heavy atom. The van der Waals surface area contributed by atoms with Gasteiger partial charge in [0.25, 0.3) is 0 Å². The number of carbonyl (C=O) groups is 1. The lowest BCUT2D eigenvalue weighted by Crippen LogP contribution is -2.36. The van der Waals surface area contributed by atoms with Gasteiger partial charge < -0.3 is 4.74 Å². The lowest BCUT2D eigenvalue weighted by atomic mass is 10.1. The Kier molecular flexibility index (Phi) is 5.21. The van der Waals surface area contributed by atoms with Gasteiger partial charge in [-0.2, -0.15) is 13.2 Å². The number of aromatic nitrogens is 3. The molecule has 154 valence electrons. The van der Waals surface area contributed by atoms with Crippen molar-refractivity contribution in [1.29, 1.82) is 0 Å². The van der Waals surface area contributed by atoms with Crippen molar-refractivity contribution in [3.63, 3.8) is 0 Å². The number of urea groups is 1. The summed E-state index contributed by atoms with van der Waals surface area (Å²) in [6.45, 7) is 0.688. The maximum absolute atomic E-state index is 13.1. The monoisotopic (exact) mass is 415 g/mol. The van der Waals surface area contributed by atoms with E-state index in [9.17, 15) is 18.0 Å².